The Hall–Kier alpha value is -2.27. The van der Waals surface area contributed by atoms with Crippen LogP contribution >= 0.6 is 11.8 Å². The molecule has 4 nitrogen and oxygen atoms in total. The third-order valence-electron chi connectivity index (χ3n) is 4.79. The van der Waals surface area contributed by atoms with Crippen LogP contribution in [0.3, 0.4) is 0 Å². The molecule has 2 amide bonds. The van der Waals surface area contributed by atoms with E-state index in [9.17, 15) is 9.59 Å². The summed E-state index contributed by atoms with van der Waals surface area (Å²) in [7, 11) is 0. The van der Waals surface area contributed by atoms with Gasteiger partial charge in [0.25, 0.3) is 0 Å². The van der Waals surface area contributed by atoms with Gasteiger partial charge in [0.05, 0.1) is 0 Å². The van der Waals surface area contributed by atoms with Gasteiger partial charge in [-0.15, -0.1) is 0 Å². The minimum Gasteiger partial charge on any atom is -0.355 e. The number of hydrogen-bond donors (Lipinski definition) is 1. The van der Waals surface area contributed by atoms with Gasteiger partial charge in [-0.2, -0.15) is 11.8 Å². The van der Waals surface area contributed by atoms with Gasteiger partial charge in [-0.25, -0.2) is 0 Å². The van der Waals surface area contributed by atoms with Crippen LogP contribution < -0.4 is 5.32 Å². The highest BCUT2D eigenvalue weighted by Crippen LogP contribution is 2.15. The molecule has 0 aliphatic rings. The lowest BCUT2D eigenvalue weighted by Crippen LogP contribution is -2.50. The smallest absolute Gasteiger partial charge is 0.242 e. The highest BCUT2D eigenvalue weighted by Gasteiger charge is 2.27. The van der Waals surface area contributed by atoms with Gasteiger partial charge in [0.2, 0.25) is 11.8 Å². The summed E-state index contributed by atoms with van der Waals surface area (Å²) in [6, 6.07) is 20.0. The number of likely N-dealkylation sites (N-methyl/N-ethyl adjacent to an activating group) is 1. The fourth-order valence-electron chi connectivity index (χ4n) is 3.26. The van der Waals surface area contributed by atoms with E-state index in [1.165, 1.54) is 11.1 Å². The first-order chi connectivity index (χ1) is 14.2. The lowest BCUT2D eigenvalue weighted by Gasteiger charge is -2.30. The van der Waals surface area contributed by atoms with Crippen LogP contribution in [0.25, 0.3) is 0 Å². The Morgan fingerprint density at radius 3 is 2.17 bits per heavy atom. The average molecular weight is 413 g/mol. The number of rotatable bonds is 12. The van der Waals surface area contributed by atoms with Crippen LogP contribution in [0.4, 0.5) is 0 Å². The summed E-state index contributed by atoms with van der Waals surface area (Å²) in [6.07, 6.45) is 1.81. The molecule has 2 aromatic carbocycles. The highest BCUT2D eigenvalue weighted by atomic mass is 32.2. The summed E-state index contributed by atoms with van der Waals surface area (Å²) in [5.74, 6) is 1.64. The highest BCUT2D eigenvalue weighted by molar-refractivity contribution is 7.98. The van der Waals surface area contributed by atoms with E-state index in [2.05, 4.69) is 29.6 Å². The molecule has 0 radical (unpaired) electrons. The normalized spacial score (nSPS) is 11.7. The summed E-state index contributed by atoms with van der Waals surface area (Å²) in [5, 5.41) is 2.88. The fourth-order valence-corrected chi connectivity index (χ4v) is 4.15. The van der Waals surface area contributed by atoms with Crippen LogP contribution in [0.15, 0.2) is 60.7 Å². The Bertz CT molecular complexity index is 737. The SMILES string of the molecule is CCNC(=O)[C@@H](CC)N(CCc1ccccc1)C(=O)CCSCc1ccccc1. The van der Waals surface area contributed by atoms with Crippen molar-refractivity contribution in [2.75, 3.05) is 18.8 Å². The summed E-state index contributed by atoms with van der Waals surface area (Å²) in [4.78, 5) is 27.3. The first-order valence-corrected chi connectivity index (χ1v) is 11.5. The molecule has 0 aliphatic heterocycles. The molecular weight excluding hydrogens is 380 g/mol. The van der Waals surface area contributed by atoms with Crippen molar-refractivity contribution in [1.29, 1.82) is 0 Å². The minimum atomic E-state index is -0.412. The maximum absolute atomic E-state index is 13.0. The second-order valence-corrected chi connectivity index (χ2v) is 8.03. The number of nitrogens with one attached hydrogen (secondary N) is 1. The number of nitrogens with zero attached hydrogens (tertiary/aromatic N) is 1. The molecule has 156 valence electrons. The van der Waals surface area contributed by atoms with Crippen LogP contribution in [-0.4, -0.2) is 41.6 Å². The van der Waals surface area contributed by atoms with Gasteiger partial charge in [0.15, 0.2) is 0 Å². The first-order valence-electron chi connectivity index (χ1n) is 10.4. The Balaban J connectivity index is 1.96. The van der Waals surface area contributed by atoms with Gasteiger partial charge >= 0.3 is 0 Å². The maximum atomic E-state index is 13.0. The van der Waals surface area contributed by atoms with E-state index in [4.69, 9.17) is 0 Å². The summed E-state index contributed by atoms with van der Waals surface area (Å²) in [6.45, 7) is 5.00. The van der Waals surface area contributed by atoms with Crippen LogP contribution in [-0.2, 0) is 21.8 Å². The molecule has 0 unspecified atom stereocenters. The van der Waals surface area contributed by atoms with Gasteiger partial charge in [-0.1, -0.05) is 67.6 Å². The van der Waals surface area contributed by atoms with E-state index >= 15 is 0 Å². The topological polar surface area (TPSA) is 49.4 Å². The molecule has 0 aliphatic carbocycles. The van der Waals surface area contributed by atoms with Crippen LogP contribution in [0.2, 0.25) is 0 Å². The molecule has 0 saturated heterocycles. The van der Waals surface area contributed by atoms with Gasteiger partial charge in [0, 0.05) is 31.0 Å². The summed E-state index contributed by atoms with van der Waals surface area (Å²) < 4.78 is 0. The van der Waals surface area contributed by atoms with E-state index in [0.717, 1.165) is 17.9 Å². The molecule has 0 aromatic heterocycles. The van der Waals surface area contributed by atoms with E-state index in [-0.39, 0.29) is 11.8 Å². The van der Waals surface area contributed by atoms with Crippen LogP contribution in [0, 0.1) is 0 Å². The van der Waals surface area contributed by atoms with Crippen molar-refractivity contribution in [3.05, 3.63) is 71.8 Å². The molecule has 2 aromatic rings. The minimum absolute atomic E-state index is 0.0552. The summed E-state index contributed by atoms with van der Waals surface area (Å²) in [5.41, 5.74) is 2.44. The maximum Gasteiger partial charge on any atom is 0.242 e. The Kier molecular flexibility index (Phi) is 10.4. The number of carbonyl (C=O) groups is 2. The number of hydrogen-bond acceptors (Lipinski definition) is 3. The molecule has 29 heavy (non-hydrogen) atoms. The molecule has 1 atom stereocenters. The second-order valence-electron chi connectivity index (χ2n) is 6.93. The third-order valence-corrected chi connectivity index (χ3v) is 5.82. The molecule has 0 bridgehead atoms. The van der Waals surface area contributed by atoms with E-state index in [0.29, 0.717) is 25.9 Å². The lowest BCUT2D eigenvalue weighted by molar-refractivity contribution is -0.140. The van der Waals surface area contributed by atoms with Crippen molar-refractivity contribution in [2.45, 2.75) is 44.9 Å². The van der Waals surface area contributed by atoms with Crippen LogP contribution in [0.1, 0.15) is 37.8 Å². The third kappa shape index (κ3) is 7.94. The number of amides is 2. The predicted molar refractivity (Wildman–Crippen MR) is 122 cm³/mol. The van der Waals surface area contributed by atoms with E-state index < -0.39 is 6.04 Å². The summed E-state index contributed by atoms with van der Waals surface area (Å²) >= 11 is 1.76. The molecule has 0 spiro atoms. The van der Waals surface area contributed by atoms with Gasteiger partial charge in [0.1, 0.15) is 6.04 Å². The van der Waals surface area contributed by atoms with Gasteiger partial charge in [-0.05, 0) is 30.9 Å². The van der Waals surface area contributed by atoms with Crippen LogP contribution in [0.5, 0.6) is 0 Å². The first kappa shape index (κ1) is 23.0. The molecule has 1 N–H and O–H groups in total. The quantitative estimate of drug-likeness (QED) is 0.529. The number of benzene rings is 2. The lowest BCUT2D eigenvalue weighted by atomic mass is 10.1. The van der Waals surface area contributed by atoms with Crippen molar-refractivity contribution in [1.82, 2.24) is 10.2 Å². The Morgan fingerprint density at radius 1 is 0.966 bits per heavy atom. The molecule has 0 fully saturated rings. The number of carbonyl (C=O) groups excluding carboxylic acids is 2. The van der Waals surface area contributed by atoms with Crippen molar-refractivity contribution in [3.8, 4) is 0 Å². The van der Waals surface area contributed by atoms with E-state index in [1.807, 2.05) is 50.2 Å². The Labute approximate surface area is 179 Å². The van der Waals surface area contributed by atoms with Gasteiger partial charge in [-0.3, -0.25) is 9.59 Å². The molecule has 0 saturated carbocycles. The molecule has 2 rings (SSSR count). The van der Waals surface area contributed by atoms with E-state index in [1.54, 1.807) is 16.7 Å². The average Bonchev–Trinajstić information content (AvgIpc) is 2.75. The zero-order chi connectivity index (χ0) is 20.9. The zero-order valence-corrected chi connectivity index (χ0v) is 18.3. The van der Waals surface area contributed by atoms with Crippen molar-refractivity contribution in [2.24, 2.45) is 0 Å². The monoisotopic (exact) mass is 412 g/mol. The predicted octanol–water partition coefficient (Wildman–Crippen LogP) is 4.30. The second kappa shape index (κ2) is 13.0. The van der Waals surface area contributed by atoms with Crippen molar-refractivity contribution in [3.63, 3.8) is 0 Å². The fraction of sp³-hybridized carbons (Fsp3) is 0.417. The standard InChI is InChI=1S/C24H32N2O2S/c1-3-22(24(28)25-4-2)26(17-15-20-11-7-5-8-12-20)23(27)16-18-29-19-21-13-9-6-10-14-21/h5-14,22H,3-4,15-19H2,1-2H3,(H,25,28)/t22-/m1/s1. The number of thioether (sulfide) groups is 1. The molecular formula is C24H32N2O2S. The Morgan fingerprint density at radius 2 is 1.59 bits per heavy atom. The van der Waals surface area contributed by atoms with Gasteiger partial charge < -0.3 is 10.2 Å². The largest absolute Gasteiger partial charge is 0.355 e. The zero-order valence-electron chi connectivity index (χ0n) is 17.5. The van der Waals surface area contributed by atoms with Crippen molar-refractivity contribution >= 4 is 23.6 Å². The van der Waals surface area contributed by atoms with Crippen molar-refractivity contribution < 1.29 is 9.59 Å². The molecule has 0 heterocycles. The molecule has 5 heteroatoms.